The van der Waals surface area contributed by atoms with Gasteiger partial charge in [-0.05, 0) is 38.6 Å². The minimum Gasteiger partial charge on any atom is -0.351 e. The van der Waals surface area contributed by atoms with Gasteiger partial charge in [0.25, 0.3) is 0 Å². The number of rotatable bonds is 5. The Hall–Kier alpha value is -0.460. The van der Waals surface area contributed by atoms with Crippen LogP contribution in [0.1, 0.15) is 32.1 Å². The zero-order valence-corrected chi connectivity index (χ0v) is 14.1. The van der Waals surface area contributed by atoms with Crippen LogP contribution in [0.4, 0.5) is 0 Å². The van der Waals surface area contributed by atoms with Crippen molar-refractivity contribution in [3.05, 3.63) is 0 Å². The maximum absolute atomic E-state index is 11.9. The summed E-state index contributed by atoms with van der Waals surface area (Å²) >= 11 is 1.43. The SMILES string of the molecule is Cl.O=C(CSCC(=O)N1CCCCC1)N[C@H]1CCCNC1. The van der Waals surface area contributed by atoms with E-state index in [0.29, 0.717) is 11.5 Å². The zero-order valence-electron chi connectivity index (χ0n) is 12.4. The van der Waals surface area contributed by atoms with E-state index in [9.17, 15) is 9.59 Å². The third kappa shape index (κ3) is 6.89. The number of likely N-dealkylation sites (tertiary alicyclic amines) is 1. The molecule has 2 aliphatic rings. The fourth-order valence-electron chi connectivity index (χ4n) is 2.71. The molecule has 0 aliphatic carbocycles. The highest BCUT2D eigenvalue weighted by Gasteiger charge is 2.18. The van der Waals surface area contributed by atoms with E-state index in [-0.39, 0.29) is 30.3 Å². The summed E-state index contributed by atoms with van der Waals surface area (Å²) in [6.07, 6.45) is 5.63. The van der Waals surface area contributed by atoms with Gasteiger partial charge in [-0.2, -0.15) is 0 Å². The van der Waals surface area contributed by atoms with E-state index in [4.69, 9.17) is 0 Å². The molecule has 0 aromatic heterocycles. The normalized spacial score (nSPS) is 22.3. The first-order valence-corrected chi connectivity index (χ1v) is 8.77. The van der Waals surface area contributed by atoms with Crippen molar-refractivity contribution < 1.29 is 9.59 Å². The second kappa shape index (κ2) is 10.3. The Bertz CT molecular complexity index is 332. The average Bonchev–Trinajstić information content (AvgIpc) is 2.49. The number of nitrogens with one attached hydrogen (secondary N) is 2. The molecule has 2 fully saturated rings. The van der Waals surface area contributed by atoms with E-state index >= 15 is 0 Å². The number of carbonyl (C=O) groups is 2. The molecule has 2 rings (SSSR count). The van der Waals surface area contributed by atoms with Crippen molar-refractivity contribution in [1.82, 2.24) is 15.5 Å². The van der Waals surface area contributed by atoms with Crippen LogP contribution in [0.25, 0.3) is 0 Å². The Kier molecular flexibility index (Phi) is 9.11. The largest absolute Gasteiger partial charge is 0.351 e. The second-order valence-corrected chi connectivity index (χ2v) is 6.53. The lowest BCUT2D eigenvalue weighted by atomic mass is 10.1. The first kappa shape index (κ1) is 18.6. The summed E-state index contributed by atoms with van der Waals surface area (Å²) in [4.78, 5) is 25.6. The Morgan fingerprint density at radius 2 is 1.90 bits per heavy atom. The molecule has 7 heteroatoms. The molecule has 21 heavy (non-hydrogen) atoms. The van der Waals surface area contributed by atoms with E-state index in [2.05, 4.69) is 10.6 Å². The van der Waals surface area contributed by atoms with Gasteiger partial charge in [0.2, 0.25) is 11.8 Å². The highest BCUT2D eigenvalue weighted by molar-refractivity contribution is 8.00. The predicted octanol–water partition coefficient (Wildman–Crippen LogP) is 1.02. The fraction of sp³-hybridized carbons (Fsp3) is 0.857. The number of halogens is 1. The summed E-state index contributed by atoms with van der Waals surface area (Å²) < 4.78 is 0. The van der Waals surface area contributed by atoms with E-state index in [0.717, 1.165) is 51.9 Å². The van der Waals surface area contributed by atoms with Crippen molar-refractivity contribution in [2.45, 2.75) is 38.1 Å². The van der Waals surface area contributed by atoms with Crippen LogP contribution in [-0.4, -0.2) is 60.4 Å². The Morgan fingerprint density at radius 3 is 2.57 bits per heavy atom. The van der Waals surface area contributed by atoms with E-state index in [1.165, 1.54) is 18.2 Å². The first-order chi connectivity index (χ1) is 9.75. The number of nitrogens with zero attached hydrogens (tertiary/aromatic N) is 1. The molecule has 2 heterocycles. The van der Waals surface area contributed by atoms with Crippen LogP contribution < -0.4 is 10.6 Å². The second-order valence-electron chi connectivity index (χ2n) is 5.55. The van der Waals surface area contributed by atoms with Crippen LogP contribution in [-0.2, 0) is 9.59 Å². The number of carbonyl (C=O) groups excluding carboxylic acids is 2. The van der Waals surface area contributed by atoms with E-state index < -0.39 is 0 Å². The van der Waals surface area contributed by atoms with Gasteiger partial charge in [0.1, 0.15) is 0 Å². The summed E-state index contributed by atoms with van der Waals surface area (Å²) in [7, 11) is 0. The molecule has 2 amide bonds. The Balaban J connectivity index is 0.00000220. The molecule has 5 nitrogen and oxygen atoms in total. The van der Waals surface area contributed by atoms with Gasteiger partial charge >= 0.3 is 0 Å². The van der Waals surface area contributed by atoms with E-state index in [1.807, 2.05) is 4.90 Å². The molecule has 1 atom stereocenters. The highest BCUT2D eigenvalue weighted by atomic mass is 35.5. The predicted molar refractivity (Wildman–Crippen MR) is 89.0 cm³/mol. The third-order valence-corrected chi connectivity index (χ3v) is 4.75. The van der Waals surface area contributed by atoms with Crippen LogP contribution in [0.5, 0.6) is 0 Å². The fourth-order valence-corrected chi connectivity index (χ4v) is 3.44. The number of hydrogen-bond donors (Lipinski definition) is 2. The molecule has 2 aliphatic heterocycles. The lowest BCUT2D eigenvalue weighted by Gasteiger charge is -2.26. The standard InChI is InChI=1S/C14H25N3O2S.ClH/c18-13(16-12-5-4-6-15-9-12)10-20-11-14(19)17-7-2-1-3-8-17;/h12,15H,1-11H2,(H,16,18);1H/t12-;/m0./s1. The Morgan fingerprint density at radius 1 is 1.14 bits per heavy atom. The number of amides is 2. The molecule has 122 valence electrons. The average molecular weight is 336 g/mol. The molecule has 2 N–H and O–H groups in total. The lowest BCUT2D eigenvalue weighted by Crippen LogP contribution is -2.46. The molecule has 0 spiro atoms. The zero-order chi connectivity index (χ0) is 14.2. The van der Waals surface area contributed by atoms with Gasteiger partial charge in [-0.25, -0.2) is 0 Å². The summed E-state index contributed by atoms with van der Waals surface area (Å²) in [6, 6.07) is 0.259. The molecular weight excluding hydrogens is 310 g/mol. The van der Waals surface area contributed by atoms with Gasteiger partial charge in [0.15, 0.2) is 0 Å². The molecule has 0 saturated carbocycles. The molecule has 2 saturated heterocycles. The van der Waals surface area contributed by atoms with Gasteiger partial charge in [0.05, 0.1) is 11.5 Å². The number of piperidine rings is 2. The monoisotopic (exact) mass is 335 g/mol. The van der Waals surface area contributed by atoms with Crippen molar-refractivity contribution in [3.63, 3.8) is 0 Å². The number of thioether (sulfide) groups is 1. The summed E-state index contributed by atoms with van der Waals surface area (Å²) in [5.74, 6) is 1.05. The molecule has 0 aromatic carbocycles. The molecular formula is C14H26ClN3O2S. The summed E-state index contributed by atoms with van der Waals surface area (Å²) in [5, 5.41) is 6.30. The van der Waals surface area contributed by atoms with Crippen molar-refractivity contribution in [3.8, 4) is 0 Å². The van der Waals surface area contributed by atoms with Crippen LogP contribution in [0.3, 0.4) is 0 Å². The minimum absolute atomic E-state index is 0. The molecule has 0 aromatic rings. The van der Waals surface area contributed by atoms with Crippen molar-refractivity contribution >= 4 is 36.0 Å². The first-order valence-electron chi connectivity index (χ1n) is 7.61. The third-order valence-electron chi connectivity index (χ3n) is 3.83. The van der Waals surface area contributed by atoms with E-state index in [1.54, 1.807) is 0 Å². The molecule has 0 unspecified atom stereocenters. The van der Waals surface area contributed by atoms with Gasteiger partial charge in [-0.15, -0.1) is 24.2 Å². The number of hydrogen-bond acceptors (Lipinski definition) is 4. The van der Waals surface area contributed by atoms with Crippen LogP contribution in [0, 0.1) is 0 Å². The van der Waals surface area contributed by atoms with Crippen molar-refractivity contribution in [2.75, 3.05) is 37.7 Å². The van der Waals surface area contributed by atoms with Gasteiger partial charge < -0.3 is 15.5 Å². The van der Waals surface area contributed by atoms with Crippen molar-refractivity contribution in [2.24, 2.45) is 0 Å². The van der Waals surface area contributed by atoms with Gasteiger partial charge in [-0.1, -0.05) is 0 Å². The molecule has 0 bridgehead atoms. The van der Waals surface area contributed by atoms with Crippen LogP contribution >= 0.6 is 24.2 Å². The molecule has 0 radical (unpaired) electrons. The van der Waals surface area contributed by atoms with Crippen LogP contribution in [0.2, 0.25) is 0 Å². The topological polar surface area (TPSA) is 61.4 Å². The lowest BCUT2D eigenvalue weighted by molar-refractivity contribution is -0.129. The van der Waals surface area contributed by atoms with Crippen LogP contribution in [0.15, 0.2) is 0 Å². The Labute approximate surface area is 137 Å². The minimum atomic E-state index is 0. The maximum atomic E-state index is 11.9. The smallest absolute Gasteiger partial charge is 0.232 e. The van der Waals surface area contributed by atoms with Gasteiger partial charge in [-0.3, -0.25) is 9.59 Å². The highest BCUT2D eigenvalue weighted by Crippen LogP contribution is 2.11. The summed E-state index contributed by atoms with van der Waals surface area (Å²) in [5.41, 5.74) is 0. The maximum Gasteiger partial charge on any atom is 0.232 e. The summed E-state index contributed by atoms with van der Waals surface area (Å²) in [6.45, 7) is 3.69. The van der Waals surface area contributed by atoms with Crippen molar-refractivity contribution in [1.29, 1.82) is 0 Å². The quantitative estimate of drug-likeness (QED) is 0.787. The van der Waals surface area contributed by atoms with Gasteiger partial charge in [0, 0.05) is 25.7 Å².